The summed E-state index contributed by atoms with van der Waals surface area (Å²) in [4.78, 5) is 24.3. The number of carbonyl (C=O) groups is 2. The molecule has 1 fully saturated rings. The largest absolute Gasteiger partial charge is 0.463 e. The van der Waals surface area contributed by atoms with Crippen LogP contribution in [0, 0.1) is 0 Å². The van der Waals surface area contributed by atoms with Gasteiger partial charge in [-0.05, 0) is 46.2 Å². The highest BCUT2D eigenvalue weighted by Gasteiger charge is 2.58. The van der Waals surface area contributed by atoms with Gasteiger partial charge in [-0.1, -0.05) is 58.5 Å². The van der Waals surface area contributed by atoms with E-state index >= 15 is 0 Å². The molecule has 5 nitrogen and oxygen atoms in total. The van der Waals surface area contributed by atoms with Crippen LogP contribution in [0.5, 0.6) is 0 Å². The molecule has 0 spiro atoms. The molecule has 1 heterocycles. The van der Waals surface area contributed by atoms with Gasteiger partial charge in [0.25, 0.3) is 0 Å². The van der Waals surface area contributed by atoms with Crippen molar-refractivity contribution in [2.24, 2.45) is 0 Å². The summed E-state index contributed by atoms with van der Waals surface area (Å²) in [5.74, 6) is -0.934. The molecular weight excluding hydrogens is 412 g/mol. The Hall–Kier alpha value is -0.926. The highest BCUT2D eigenvalue weighted by molar-refractivity contribution is 7.39. The van der Waals surface area contributed by atoms with Crippen molar-refractivity contribution in [2.45, 2.75) is 116 Å². The fourth-order valence-electron chi connectivity index (χ4n) is 4.35. The molecule has 7 heteroatoms. The van der Waals surface area contributed by atoms with Crippen LogP contribution >= 0.6 is 0 Å². The lowest BCUT2D eigenvalue weighted by Gasteiger charge is -2.53. The molecule has 0 saturated carbocycles. The van der Waals surface area contributed by atoms with Crippen LogP contribution in [0.1, 0.15) is 79.1 Å². The highest BCUT2D eigenvalue weighted by Crippen LogP contribution is 2.41. The van der Waals surface area contributed by atoms with E-state index in [2.05, 4.69) is 47.3 Å². The Bertz CT molecular complexity index is 588. The van der Waals surface area contributed by atoms with Crippen molar-refractivity contribution in [3.63, 3.8) is 0 Å². The average molecular weight is 457 g/mol. The Morgan fingerprint density at radius 3 is 2.20 bits per heavy atom. The molecule has 0 aliphatic carbocycles. The molecule has 1 aliphatic rings. The Balaban J connectivity index is 2.50. The van der Waals surface area contributed by atoms with Crippen LogP contribution in [0.2, 0.25) is 25.7 Å². The number of carbonyl (C=O) groups excluding carboxylic acids is 2. The molecular formula is C23H44O5Si2. The van der Waals surface area contributed by atoms with Crippen molar-refractivity contribution in [3.05, 3.63) is 12.2 Å². The van der Waals surface area contributed by atoms with Crippen LogP contribution in [0.4, 0.5) is 0 Å². The zero-order valence-corrected chi connectivity index (χ0v) is 22.3. The first-order chi connectivity index (χ1) is 14.0. The van der Waals surface area contributed by atoms with Gasteiger partial charge in [0.05, 0.1) is 17.9 Å². The second kappa shape index (κ2) is 12.2. The lowest BCUT2D eigenvalue weighted by Crippen LogP contribution is -2.71. The van der Waals surface area contributed by atoms with E-state index in [4.69, 9.17) is 13.9 Å². The third kappa shape index (κ3) is 8.31. The minimum atomic E-state index is -1.96. The zero-order valence-electron chi connectivity index (χ0n) is 20.3. The summed E-state index contributed by atoms with van der Waals surface area (Å²) in [5.41, 5.74) is -0.184. The van der Waals surface area contributed by atoms with Crippen molar-refractivity contribution in [3.8, 4) is 0 Å². The summed E-state index contributed by atoms with van der Waals surface area (Å²) in [6, 6.07) is 1.11. The van der Waals surface area contributed by atoms with E-state index in [1.807, 2.05) is 0 Å². The van der Waals surface area contributed by atoms with E-state index in [0.717, 1.165) is 31.7 Å². The minimum Gasteiger partial charge on any atom is -0.463 e. The van der Waals surface area contributed by atoms with Crippen LogP contribution in [0.15, 0.2) is 12.2 Å². The van der Waals surface area contributed by atoms with E-state index in [0.29, 0.717) is 6.61 Å². The van der Waals surface area contributed by atoms with Gasteiger partial charge in [0.2, 0.25) is 0 Å². The number of hydrogen-bond donors (Lipinski definition) is 0. The summed E-state index contributed by atoms with van der Waals surface area (Å²) in [6.07, 6.45) is 11.0. The third-order valence-corrected chi connectivity index (χ3v) is 23.9. The van der Waals surface area contributed by atoms with E-state index in [1.54, 1.807) is 0 Å². The van der Waals surface area contributed by atoms with E-state index in [-0.39, 0.29) is 11.3 Å². The Morgan fingerprint density at radius 1 is 1.00 bits per heavy atom. The van der Waals surface area contributed by atoms with Gasteiger partial charge in [0.1, 0.15) is 7.59 Å². The molecule has 0 bridgehead atoms. The molecule has 2 unspecified atom stereocenters. The molecule has 1 aliphatic heterocycles. The van der Waals surface area contributed by atoms with Crippen molar-refractivity contribution < 1.29 is 23.5 Å². The van der Waals surface area contributed by atoms with E-state index < -0.39 is 27.4 Å². The summed E-state index contributed by atoms with van der Waals surface area (Å²) in [5, 5.41) is 0. The van der Waals surface area contributed by atoms with Crippen molar-refractivity contribution in [2.75, 3.05) is 6.61 Å². The van der Waals surface area contributed by atoms with Gasteiger partial charge in [-0.15, -0.1) is 0 Å². The topological polar surface area (TPSA) is 61.8 Å². The number of ether oxygens (including phenoxy) is 2. The molecule has 0 aromatic carbocycles. The average Bonchev–Trinajstić information content (AvgIpc) is 2.66. The number of esters is 2. The van der Waals surface area contributed by atoms with Crippen molar-refractivity contribution >= 4 is 27.4 Å². The maximum atomic E-state index is 12.4. The lowest BCUT2D eigenvalue weighted by atomic mass is 10.1. The molecule has 2 atom stereocenters. The summed E-state index contributed by atoms with van der Waals surface area (Å²) in [7, 11) is -3.88. The maximum Gasteiger partial charge on any atom is 0.331 e. The second-order valence-corrected chi connectivity index (χ2v) is 24.1. The zero-order chi connectivity index (χ0) is 22.8. The first kappa shape index (κ1) is 27.1. The van der Waals surface area contributed by atoms with Crippen LogP contribution in [-0.2, 0) is 23.5 Å². The van der Waals surface area contributed by atoms with E-state index in [9.17, 15) is 9.59 Å². The fourth-order valence-corrected chi connectivity index (χ4v) is 17.0. The molecule has 30 heavy (non-hydrogen) atoms. The first-order valence-corrected chi connectivity index (χ1v) is 18.4. The van der Waals surface area contributed by atoms with Crippen molar-refractivity contribution in [1.82, 2.24) is 0 Å². The summed E-state index contributed by atoms with van der Waals surface area (Å²) < 4.78 is 17.6. The summed E-state index contributed by atoms with van der Waals surface area (Å²) in [6.45, 7) is 15.8. The van der Waals surface area contributed by atoms with Gasteiger partial charge < -0.3 is 13.9 Å². The molecule has 0 aromatic heterocycles. The number of hydrogen-bond acceptors (Lipinski definition) is 5. The highest BCUT2D eigenvalue weighted by atomic mass is 29.3. The van der Waals surface area contributed by atoms with Gasteiger partial charge in [0.15, 0.2) is 7.83 Å². The van der Waals surface area contributed by atoms with Gasteiger partial charge in [-0.25, -0.2) is 9.59 Å². The van der Waals surface area contributed by atoms with Gasteiger partial charge >= 0.3 is 11.9 Å². The van der Waals surface area contributed by atoms with Gasteiger partial charge in [0, 0.05) is 12.2 Å². The van der Waals surface area contributed by atoms with Crippen LogP contribution in [0.3, 0.4) is 0 Å². The molecule has 0 amide bonds. The lowest BCUT2D eigenvalue weighted by molar-refractivity contribution is -0.141. The fraction of sp³-hybridized carbons (Fsp3) is 0.826. The number of rotatable bonds is 12. The molecule has 0 N–H and O–H groups in total. The van der Waals surface area contributed by atoms with Crippen molar-refractivity contribution in [1.29, 1.82) is 0 Å². The Labute approximate surface area is 185 Å². The predicted octanol–water partition coefficient (Wildman–Crippen LogP) is 5.87. The van der Waals surface area contributed by atoms with Gasteiger partial charge in [-0.3, -0.25) is 0 Å². The van der Waals surface area contributed by atoms with Gasteiger partial charge in [-0.2, -0.15) is 0 Å². The third-order valence-electron chi connectivity index (χ3n) is 6.59. The van der Waals surface area contributed by atoms with E-state index in [1.165, 1.54) is 37.8 Å². The monoisotopic (exact) mass is 456 g/mol. The molecule has 1 rings (SSSR count). The SMILES string of the molecule is CCCCCCCCOC(=O)C=CC(=O)OC(CC)[Si]1(C)CCC(C)(C)O[Si]1(C)C. The summed E-state index contributed by atoms with van der Waals surface area (Å²) >= 11 is 0. The number of unbranched alkanes of at least 4 members (excludes halogenated alkanes) is 5. The van der Waals surface area contributed by atoms with Crippen LogP contribution in [0.25, 0.3) is 0 Å². The second-order valence-electron chi connectivity index (χ2n) is 9.89. The molecule has 1 saturated heterocycles. The normalized spacial score (nSPS) is 23.8. The Kier molecular flexibility index (Phi) is 11.0. The predicted molar refractivity (Wildman–Crippen MR) is 127 cm³/mol. The quantitative estimate of drug-likeness (QED) is 0.159. The molecule has 0 aromatic rings. The standard InChI is InChI=1S/C23H44O5Si2/c1-8-10-11-12-13-14-18-26-20(24)15-16-21(25)27-22(9-2)30(7)19-17-23(3,4)28-29(30,5)6/h15-16,22H,8-14,17-19H2,1-7H3. The van der Waals surface area contributed by atoms with Crippen LogP contribution < -0.4 is 0 Å². The first-order valence-electron chi connectivity index (χ1n) is 11.7. The maximum absolute atomic E-state index is 12.4. The van der Waals surface area contributed by atoms with Crippen LogP contribution in [-0.4, -0.2) is 45.3 Å². The smallest absolute Gasteiger partial charge is 0.331 e. The molecule has 0 radical (unpaired) electrons. The minimum absolute atomic E-state index is 0.0912. The Morgan fingerprint density at radius 2 is 1.60 bits per heavy atom. The molecule has 174 valence electrons.